The molecule has 1 unspecified atom stereocenters. The second-order valence-corrected chi connectivity index (χ2v) is 6.05. The van der Waals surface area contributed by atoms with E-state index in [1.807, 2.05) is 6.92 Å². The maximum atomic E-state index is 12.2. The predicted octanol–water partition coefficient (Wildman–Crippen LogP) is 1.68. The normalized spacial score (nSPS) is 18.6. The summed E-state index contributed by atoms with van der Waals surface area (Å²) in [5.74, 6) is -1.41. The van der Waals surface area contributed by atoms with Gasteiger partial charge in [-0.2, -0.15) is 0 Å². The lowest BCUT2D eigenvalue weighted by Crippen LogP contribution is -2.43. The van der Waals surface area contributed by atoms with Crippen LogP contribution in [0.3, 0.4) is 0 Å². The second-order valence-electron chi connectivity index (χ2n) is 6.05. The van der Waals surface area contributed by atoms with E-state index in [-0.39, 0.29) is 12.5 Å². The van der Waals surface area contributed by atoms with Crippen molar-refractivity contribution in [3.05, 3.63) is 0 Å². The molecule has 0 spiro atoms. The molecule has 0 amide bonds. The molecule has 1 rings (SSSR count). The minimum atomic E-state index is -0.988. The number of ether oxygens (including phenoxy) is 1. The summed E-state index contributed by atoms with van der Waals surface area (Å²) in [6.07, 6.45) is 5.69. The number of carboxylic acid groups (broad SMARTS) is 1. The van der Waals surface area contributed by atoms with Crippen molar-refractivity contribution in [1.82, 2.24) is 10.6 Å². The number of hydrogen-bond acceptors (Lipinski definition) is 5. The summed E-state index contributed by atoms with van der Waals surface area (Å²) in [6.45, 7) is 5.59. The van der Waals surface area contributed by atoms with Crippen molar-refractivity contribution in [3.8, 4) is 0 Å². The first-order valence-electron chi connectivity index (χ1n) is 8.42. The highest BCUT2D eigenvalue weighted by atomic mass is 16.5. The van der Waals surface area contributed by atoms with Gasteiger partial charge in [-0.25, -0.2) is 0 Å². The quantitative estimate of drug-likeness (QED) is 0.532. The molecule has 0 saturated heterocycles. The first-order chi connectivity index (χ1) is 10.5. The van der Waals surface area contributed by atoms with Crippen LogP contribution in [0.25, 0.3) is 0 Å². The predicted molar refractivity (Wildman–Crippen MR) is 84.8 cm³/mol. The van der Waals surface area contributed by atoms with Gasteiger partial charge >= 0.3 is 11.9 Å². The first kappa shape index (κ1) is 18.9. The monoisotopic (exact) mass is 314 g/mol. The van der Waals surface area contributed by atoms with Gasteiger partial charge in [-0.1, -0.05) is 13.3 Å². The third-order valence-corrected chi connectivity index (χ3v) is 4.02. The van der Waals surface area contributed by atoms with Gasteiger partial charge in [0.25, 0.3) is 0 Å². The Kier molecular flexibility index (Phi) is 9.08. The van der Waals surface area contributed by atoms with Gasteiger partial charge in [0.2, 0.25) is 0 Å². The van der Waals surface area contributed by atoms with Gasteiger partial charge < -0.3 is 20.5 Å². The molecule has 0 bridgehead atoms. The number of carboxylic acids is 1. The summed E-state index contributed by atoms with van der Waals surface area (Å²) in [5, 5.41) is 15.3. The van der Waals surface area contributed by atoms with Gasteiger partial charge in [0, 0.05) is 6.04 Å². The average molecular weight is 314 g/mol. The van der Waals surface area contributed by atoms with Crippen molar-refractivity contribution in [2.75, 3.05) is 13.1 Å². The van der Waals surface area contributed by atoms with E-state index in [2.05, 4.69) is 17.6 Å². The highest BCUT2D eigenvalue weighted by Gasteiger charge is 2.26. The highest BCUT2D eigenvalue weighted by Crippen LogP contribution is 2.20. The molecule has 0 aromatic heterocycles. The third-order valence-electron chi connectivity index (χ3n) is 4.02. The zero-order chi connectivity index (χ0) is 16.4. The molecule has 1 saturated carbocycles. The topological polar surface area (TPSA) is 87.7 Å². The first-order valence-corrected chi connectivity index (χ1v) is 8.42. The Hall–Kier alpha value is -1.14. The molecule has 6 nitrogen and oxygen atoms in total. The number of hydrogen-bond donors (Lipinski definition) is 3. The summed E-state index contributed by atoms with van der Waals surface area (Å²) in [4.78, 5) is 23.1. The molecule has 0 aliphatic heterocycles. The van der Waals surface area contributed by atoms with Gasteiger partial charge in [-0.15, -0.1) is 0 Å². The molecular formula is C16H30N2O4. The maximum Gasteiger partial charge on any atom is 0.324 e. The van der Waals surface area contributed by atoms with Crippen molar-refractivity contribution in [1.29, 1.82) is 0 Å². The van der Waals surface area contributed by atoms with Crippen molar-refractivity contribution >= 4 is 11.9 Å². The molecule has 3 N–H and O–H groups in total. The third kappa shape index (κ3) is 7.75. The van der Waals surface area contributed by atoms with Crippen LogP contribution in [0.4, 0.5) is 0 Å². The molecular weight excluding hydrogens is 284 g/mol. The smallest absolute Gasteiger partial charge is 0.324 e. The van der Waals surface area contributed by atoms with Crippen molar-refractivity contribution in [3.63, 3.8) is 0 Å². The Morgan fingerprint density at radius 2 is 1.91 bits per heavy atom. The number of carbonyl (C=O) groups is 2. The van der Waals surface area contributed by atoms with Gasteiger partial charge in [0.15, 0.2) is 0 Å². The molecule has 1 aliphatic rings. The minimum absolute atomic E-state index is 0.0416. The molecule has 2 atom stereocenters. The number of aliphatic carboxylic acids is 1. The lowest BCUT2D eigenvalue weighted by molar-refractivity contribution is -0.156. The van der Waals surface area contributed by atoms with Gasteiger partial charge in [0.1, 0.15) is 12.1 Å². The lowest BCUT2D eigenvalue weighted by Gasteiger charge is -2.25. The molecule has 1 aliphatic carbocycles. The molecule has 22 heavy (non-hydrogen) atoms. The number of esters is 1. The average Bonchev–Trinajstić information content (AvgIpc) is 2.47. The van der Waals surface area contributed by atoms with E-state index in [1.165, 1.54) is 6.42 Å². The van der Waals surface area contributed by atoms with Crippen LogP contribution < -0.4 is 10.6 Å². The molecule has 0 radical (unpaired) electrons. The van der Waals surface area contributed by atoms with Crippen LogP contribution in [-0.2, 0) is 14.3 Å². The van der Waals surface area contributed by atoms with Crippen LogP contribution >= 0.6 is 0 Å². The van der Waals surface area contributed by atoms with Crippen LogP contribution in [0.5, 0.6) is 0 Å². The molecule has 128 valence electrons. The van der Waals surface area contributed by atoms with E-state index < -0.39 is 18.0 Å². The van der Waals surface area contributed by atoms with Crippen LogP contribution in [0, 0.1) is 0 Å². The van der Waals surface area contributed by atoms with Crippen LogP contribution in [0.2, 0.25) is 0 Å². The van der Waals surface area contributed by atoms with Crippen molar-refractivity contribution in [2.24, 2.45) is 0 Å². The second kappa shape index (κ2) is 10.6. The minimum Gasteiger partial charge on any atom is -0.481 e. The summed E-state index contributed by atoms with van der Waals surface area (Å²) < 4.78 is 5.48. The van der Waals surface area contributed by atoms with Gasteiger partial charge in [-0.05, 0) is 52.1 Å². The van der Waals surface area contributed by atoms with E-state index in [0.29, 0.717) is 12.6 Å². The molecule has 1 fully saturated rings. The standard InChI is InChI=1S/C16H30N2O4/c1-3-17-12(2)9-10-18-14(11-15(19)20)16(21)22-13-7-5-4-6-8-13/h12-14,17-18H,3-11H2,1-2H3,(H,19,20)/t12?,14-/m0/s1. The van der Waals surface area contributed by atoms with Crippen LogP contribution in [0.15, 0.2) is 0 Å². The number of nitrogens with one attached hydrogen (secondary N) is 2. The fourth-order valence-electron chi connectivity index (χ4n) is 2.77. The highest BCUT2D eigenvalue weighted by molar-refractivity contribution is 5.82. The van der Waals surface area contributed by atoms with Crippen LogP contribution in [0.1, 0.15) is 58.8 Å². The van der Waals surface area contributed by atoms with Gasteiger partial charge in [-0.3, -0.25) is 9.59 Å². The van der Waals surface area contributed by atoms with E-state index in [0.717, 1.165) is 38.6 Å². The molecule has 0 aromatic rings. The molecule has 0 heterocycles. The van der Waals surface area contributed by atoms with Crippen molar-refractivity contribution < 1.29 is 19.4 Å². The fraction of sp³-hybridized carbons (Fsp3) is 0.875. The van der Waals surface area contributed by atoms with E-state index in [1.54, 1.807) is 0 Å². The SMILES string of the molecule is CCNC(C)CCN[C@@H](CC(=O)O)C(=O)OC1CCCCC1. The molecule has 0 aromatic carbocycles. The molecule has 6 heteroatoms. The Morgan fingerprint density at radius 3 is 2.50 bits per heavy atom. The summed E-state index contributed by atoms with van der Waals surface area (Å²) in [7, 11) is 0. The Balaban J connectivity index is 2.40. The summed E-state index contributed by atoms with van der Waals surface area (Å²) in [6, 6.07) is -0.425. The van der Waals surface area contributed by atoms with E-state index in [4.69, 9.17) is 9.84 Å². The Labute approximate surface area is 133 Å². The van der Waals surface area contributed by atoms with Crippen molar-refractivity contribution in [2.45, 2.75) is 77.0 Å². The Morgan fingerprint density at radius 1 is 1.23 bits per heavy atom. The largest absolute Gasteiger partial charge is 0.481 e. The van der Waals surface area contributed by atoms with Gasteiger partial charge in [0.05, 0.1) is 6.42 Å². The van der Waals surface area contributed by atoms with Crippen LogP contribution in [-0.4, -0.2) is 48.3 Å². The zero-order valence-electron chi connectivity index (χ0n) is 13.8. The number of rotatable bonds is 10. The maximum absolute atomic E-state index is 12.2. The number of carbonyl (C=O) groups excluding carboxylic acids is 1. The summed E-state index contributed by atoms with van der Waals surface area (Å²) in [5.41, 5.74) is 0. The zero-order valence-corrected chi connectivity index (χ0v) is 13.8. The van der Waals surface area contributed by atoms with E-state index in [9.17, 15) is 9.59 Å². The summed E-state index contributed by atoms with van der Waals surface area (Å²) >= 11 is 0. The lowest BCUT2D eigenvalue weighted by atomic mass is 9.98. The Bertz CT molecular complexity index is 343. The van der Waals surface area contributed by atoms with E-state index >= 15 is 0 Å². The fourth-order valence-corrected chi connectivity index (χ4v) is 2.77.